The molecule has 3 rings (SSSR count). The van der Waals surface area contributed by atoms with Gasteiger partial charge in [0.1, 0.15) is 11.6 Å². The monoisotopic (exact) mass is 326 g/mol. The van der Waals surface area contributed by atoms with Crippen LogP contribution in [0.5, 0.6) is 5.75 Å². The SMILES string of the molecule is COc1ccccc1NC(=O)Cc1cc(-c2ccccc2F)on1. The van der Waals surface area contributed by atoms with Gasteiger partial charge in [0.15, 0.2) is 5.76 Å². The van der Waals surface area contributed by atoms with E-state index in [1.807, 2.05) is 6.07 Å². The Kier molecular flexibility index (Phi) is 4.56. The van der Waals surface area contributed by atoms with Gasteiger partial charge in [0, 0.05) is 6.07 Å². The molecular formula is C18H15FN2O3. The summed E-state index contributed by atoms with van der Waals surface area (Å²) in [6.07, 6.45) is 0.00992. The Bertz CT molecular complexity index is 861. The predicted octanol–water partition coefficient (Wildman–Crippen LogP) is 3.67. The second-order valence-electron chi connectivity index (χ2n) is 5.09. The van der Waals surface area contributed by atoms with E-state index in [2.05, 4.69) is 10.5 Å². The molecule has 0 saturated heterocycles. The predicted molar refractivity (Wildman–Crippen MR) is 87.2 cm³/mol. The second kappa shape index (κ2) is 6.95. The van der Waals surface area contributed by atoms with E-state index in [1.54, 1.807) is 42.5 Å². The number of hydrogen-bond donors (Lipinski definition) is 1. The first kappa shape index (κ1) is 15.7. The molecule has 122 valence electrons. The first-order valence-electron chi connectivity index (χ1n) is 7.30. The molecule has 1 heterocycles. The van der Waals surface area contributed by atoms with Gasteiger partial charge in [-0.25, -0.2) is 4.39 Å². The molecule has 1 N–H and O–H groups in total. The summed E-state index contributed by atoms with van der Waals surface area (Å²) in [5.74, 6) is 0.179. The zero-order valence-corrected chi connectivity index (χ0v) is 13.0. The Morgan fingerprint density at radius 1 is 1.21 bits per heavy atom. The Balaban J connectivity index is 1.71. The Morgan fingerprint density at radius 3 is 2.75 bits per heavy atom. The van der Waals surface area contributed by atoms with Crippen LogP contribution in [-0.4, -0.2) is 18.2 Å². The van der Waals surface area contributed by atoms with Crippen LogP contribution in [0.2, 0.25) is 0 Å². The van der Waals surface area contributed by atoms with Gasteiger partial charge in [-0.1, -0.05) is 29.4 Å². The average Bonchev–Trinajstić information content (AvgIpc) is 3.04. The van der Waals surface area contributed by atoms with Crippen molar-refractivity contribution in [3.05, 3.63) is 66.1 Å². The molecule has 0 spiro atoms. The zero-order valence-electron chi connectivity index (χ0n) is 13.0. The molecule has 0 aliphatic rings. The number of hydrogen-bond acceptors (Lipinski definition) is 4. The fourth-order valence-electron chi connectivity index (χ4n) is 2.29. The van der Waals surface area contributed by atoms with Gasteiger partial charge >= 0.3 is 0 Å². The van der Waals surface area contributed by atoms with Gasteiger partial charge in [-0.2, -0.15) is 0 Å². The fraction of sp³-hybridized carbons (Fsp3) is 0.111. The first-order chi connectivity index (χ1) is 11.7. The third-order valence-corrected chi connectivity index (χ3v) is 3.42. The summed E-state index contributed by atoms with van der Waals surface area (Å²) in [5, 5.41) is 6.57. The minimum Gasteiger partial charge on any atom is -0.495 e. The molecule has 6 heteroatoms. The number of anilines is 1. The Hall–Kier alpha value is -3.15. The number of amides is 1. The normalized spacial score (nSPS) is 10.4. The van der Waals surface area contributed by atoms with Crippen molar-refractivity contribution in [3.8, 4) is 17.1 Å². The van der Waals surface area contributed by atoms with Crippen LogP contribution in [0.3, 0.4) is 0 Å². The number of nitrogens with zero attached hydrogens (tertiary/aromatic N) is 1. The molecule has 0 unspecified atom stereocenters. The molecule has 1 aromatic heterocycles. The van der Waals surface area contributed by atoms with Crippen molar-refractivity contribution < 1.29 is 18.4 Å². The topological polar surface area (TPSA) is 64.4 Å². The van der Waals surface area contributed by atoms with E-state index >= 15 is 0 Å². The number of carbonyl (C=O) groups is 1. The minimum atomic E-state index is -0.404. The number of para-hydroxylation sites is 2. The number of ether oxygens (including phenoxy) is 1. The largest absolute Gasteiger partial charge is 0.495 e. The van der Waals surface area contributed by atoms with Gasteiger partial charge in [0.05, 0.1) is 30.5 Å². The van der Waals surface area contributed by atoms with Crippen LogP contribution < -0.4 is 10.1 Å². The van der Waals surface area contributed by atoms with Gasteiger partial charge in [-0.15, -0.1) is 0 Å². The molecule has 5 nitrogen and oxygen atoms in total. The van der Waals surface area contributed by atoms with Gasteiger partial charge in [-0.3, -0.25) is 4.79 Å². The van der Waals surface area contributed by atoms with Gasteiger partial charge < -0.3 is 14.6 Å². The first-order valence-corrected chi connectivity index (χ1v) is 7.30. The summed E-state index contributed by atoms with van der Waals surface area (Å²) < 4.78 is 24.1. The Morgan fingerprint density at radius 2 is 1.96 bits per heavy atom. The maximum Gasteiger partial charge on any atom is 0.230 e. The van der Waals surface area contributed by atoms with Crippen molar-refractivity contribution in [3.63, 3.8) is 0 Å². The van der Waals surface area contributed by atoms with Crippen LogP contribution in [0.15, 0.2) is 59.1 Å². The molecular weight excluding hydrogens is 311 g/mol. The summed E-state index contributed by atoms with van der Waals surface area (Å²) in [7, 11) is 1.53. The lowest BCUT2D eigenvalue weighted by molar-refractivity contribution is -0.115. The molecule has 0 fully saturated rings. The lowest BCUT2D eigenvalue weighted by atomic mass is 10.1. The summed E-state index contributed by atoms with van der Waals surface area (Å²) in [5.41, 5.74) is 1.30. The third-order valence-electron chi connectivity index (χ3n) is 3.42. The molecule has 0 radical (unpaired) electrons. The highest BCUT2D eigenvalue weighted by Crippen LogP contribution is 2.25. The molecule has 3 aromatic rings. The number of methoxy groups -OCH3 is 1. The number of benzene rings is 2. The van der Waals surface area contributed by atoms with E-state index in [1.165, 1.54) is 13.2 Å². The summed E-state index contributed by atoms with van der Waals surface area (Å²) >= 11 is 0. The van der Waals surface area contributed by atoms with Crippen LogP contribution in [0.1, 0.15) is 5.69 Å². The minimum absolute atomic E-state index is 0.00992. The van der Waals surface area contributed by atoms with Crippen LogP contribution in [-0.2, 0) is 11.2 Å². The zero-order chi connectivity index (χ0) is 16.9. The van der Waals surface area contributed by atoms with Crippen LogP contribution >= 0.6 is 0 Å². The summed E-state index contributed by atoms with van der Waals surface area (Å²) in [6, 6.07) is 14.9. The molecule has 2 aromatic carbocycles. The maximum atomic E-state index is 13.7. The van der Waals surface area contributed by atoms with E-state index in [0.717, 1.165) is 0 Å². The number of aromatic nitrogens is 1. The number of carbonyl (C=O) groups excluding carboxylic acids is 1. The molecule has 24 heavy (non-hydrogen) atoms. The van der Waals surface area contributed by atoms with E-state index in [9.17, 15) is 9.18 Å². The fourth-order valence-corrected chi connectivity index (χ4v) is 2.29. The number of nitrogens with one attached hydrogen (secondary N) is 1. The van der Waals surface area contributed by atoms with E-state index in [4.69, 9.17) is 9.26 Å². The van der Waals surface area contributed by atoms with Crippen LogP contribution in [0.25, 0.3) is 11.3 Å². The van der Waals surface area contributed by atoms with Crippen molar-refractivity contribution in [1.29, 1.82) is 0 Å². The lowest BCUT2D eigenvalue weighted by Crippen LogP contribution is -2.15. The number of halogens is 1. The van der Waals surface area contributed by atoms with Crippen molar-refractivity contribution in [2.24, 2.45) is 0 Å². The molecule has 1 amide bonds. The van der Waals surface area contributed by atoms with Crippen molar-refractivity contribution in [1.82, 2.24) is 5.16 Å². The summed E-state index contributed by atoms with van der Waals surface area (Å²) in [6.45, 7) is 0. The second-order valence-corrected chi connectivity index (χ2v) is 5.09. The van der Waals surface area contributed by atoms with Gasteiger partial charge in [0.2, 0.25) is 5.91 Å². The van der Waals surface area contributed by atoms with Crippen LogP contribution in [0, 0.1) is 5.82 Å². The average molecular weight is 326 g/mol. The molecule has 0 aliphatic carbocycles. The summed E-state index contributed by atoms with van der Waals surface area (Å²) in [4.78, 5) is 12.1. The van der Waals surface area contributed by atoms with Crippen molar-refractivity contribution >= 4 is 11.6 Å². The van der Waals surface area contributed by atoms with E-state index in [0.29, 0.717) is 22.7 Å². The smallest absolute Gasteiger partial charge is 0.230 e. The quantitative estimate of drug-likeness (QED) is 0.777. The molecule has 0 aliphatic heterocycles. The number of rotatable bonds is 5. The van der Waals surface area contributed by atoms with Crippen LogP contribution in [0.4, 0.5) is 10.1 Å². The van der Waals surface area contributed by atoms with Gasteiger partial charge in [-0.05, 0) is 24.3 Å². The van der Waals surface area contributed by atoms with E-state index in [-0.39, 0.29) is 18.1 Å². The molecule has 0 atom stereocenters. The van der Waals surface area contributed by atoms with Crippen molar-refractivity contribution in [2.75, 3.05) is 12.4 Å². The Labute approximate surface area is 138 Å². The lowest BCUT2D eigenvalue weighted by Gasteiger charge is -2.08. The standard InChI is InChI=1S/C18H15FN2O3/c1-23-16-9-5-4-8-15(16)20-18(22)11-12-10-17(24-21-12)13-6-2-3-7-14(13)19/h2-10H,11H2,1H3,(H,20,22). The molecule has 0 bridgehead atoms. The molecule has 0 saturated carbocycles. The highest BCUT2D eigenvalue weighted by molar-refractivity contribution is 5.93. The highest BCUT2D eigenvalue weighted by Gasteiger charge is 2.14. The van der Waals surface area contributed by atoms with Gasteiger partial charge in [0.25, 0.3) is 0 Å². The van der Waals surface area contributed by atoms with Crippen molar-refractivity contribution in [2.45, 2.75) is 6.42 Å². The van der Waals surface area contributed by atoms with E-state index < -0.39 is 5.82 Å². The highest BCUT2D eigenvalue weighted by atomic mass is 19.1. The maximum absolute atomic E-state index is 13.7. The third kappa shape index (κ3) is 3.43.